The van der Waals surface area contributed by atoms with Crippen LogP contribution < -0.4 is 4.90 Å². The van der Waals surface area contributed by atoms with Crippen molar-refractivity contribution >= 4 is 12.0 Å². The molecule has 77 valence electrons. The van der Waals surface area contributed by atoms with Gasteiger partial charge in [-0.2, -0.15) is 0 Å². The van der Waals surface area contributed by atoms with Crippen LogP contribution in [0.3, 0.4) is 0 Å². The van der Waals surface area contributed by atoms with Crippen molar-refractivity contribution in [3.8, 4) is 0 Å². The Morgan fingerprint density at radius 3 is 2.07 bits per heavy atom. The van der Waals surface area contributed by atoms with E-state index in [2.05, 4.69) is 18.1 Å². The van der Waals surface area contributed by atoms with Crippen molar-refractivity contribution in [3.63, 3.8) is 0 Å². The van der Waals surface area contributed by atoms with Gasteiger partial charge in [-0.1, -0.05) is 12.2 Å². The van der Waals surface area contributed by atoms with Crippen molar-refractivity contribution in [1.29, 1.82) is 0 Å². The van der Waals surface area contributed by atoms with Gasteiger partial charge in [-0.15, -0.1) is 13.2 Å². The molecule has 0 aliphatic carbocycles. The fourth-order valence-corrected chi connectivity index (χ4v) is 1.34. The lowest BCUT2D eigenvalue weighted by Crippen LogP contribution is -2.22. The summed E-state index contributed by atoms with van der Waals surface area (Å²) in [6.07, 6.45) is 5.52. The molecule has 0 unspecified atom stereocenters. The fourth-order valence-electron chi connectivity index (χ4n) is 1.34. The molecule has 15 heavy (non-hydrogen) atoms. The molecule has 0 amide bonds. The summed E-state index contributed by atoms with van der Waals surface area (Å²) < 4.78 is 0. The Hall–Kier alpha value is -1.83. The highest BCUT2D eigenvalue weighted by Crippen LogP contribution is 2.14. The van der Waals surface area contributed by atoms with Crippen LogP contribution in [0.4, 0.5) is 5.69 Å². The van der Waals surface area contributed by atoms with Gasteiger partial charge in [0.25, 0.3) is 0 Å². The fraction of sp³-hybridized carbons (Fsp3) is 0.154. The lowest BCUT2D eigenvalue weighted by Gasteiger charge is -2.21. The van der Waals surface area contributed by atoms with E-state index in [1.54, 1.807) is 12.1 Å². The largest absolute Gasteiger partial charge is 0.364 e. The van der Waals surface area contributed by atoms with E-state index in [1.165, 1.54) is 0 Å². The summed E-state index contributed by atoms with van der Waals surface area (Å²) in [7, 11) is 0. The third-order valence-electron chi connectivity index (χ3n) is 2.05. The molecule has 0 N–H and O–H groups in total. The summed E-state index contributed by atoms with van der Waals surface area (Å²) >= 11 is 0. The van der Waals surface area contributed by atoms with Crippen molar-refractivity contribution in [2.24, 2.45) is 0 Å². The molecule has 0 atom stereocenters. The van der Waals surface area contributed by atoms with Crippen molar-refractivity contribution in [2.45, 2.75) is 0 Å². The average molecular weight is 200 g/mol. The molecule has 1 radical (unpaired) electrons. The molecule has 0 fully saturated rings. The second-order valence-electron chi connectivity index (χ2n) is 3.13. The highest BCUT2D eigenvalue weighted by molar-refractivity contribution is 5.76. The van der Waals surface area contributed by atoms with Gasteiger partial charge in [0, 0.05) is 24.3 Å². The Balaban J connectivity index is 2.84. The quantitative estimate of drug-likeness (QED) is 0.657. The number of nitrogens with zero attached hydrogens (tertiary/aromatic N) is 1. The number of hydrogen-bond acceptors (Lipinski definition) is 2. The minimum Gasteiger partial charge on any atom is -0.364 e. The maximum absolute atomic E-state index is 10.4. The Morgan fingerprint density at radius 2 is 1.67 bits per heavy atom. The van der Waals surface area contributed by atoms with Crippen molar-refractivity contribution in [3.05, 3.63) is 55.1 Å². The van der Waals surface area contributed by atoms with Gasteiger partial charge in [0.15, 0.2) is 0 Å². The summed E-state index contributed by atoms with van der Waals surface area (Å²) in [5, 5.41) is 0. The molecule has 0 aromatic heterocycles. The third-order valence-corrected chi connectivity index (χ3v) is 2.05. The first-order valence-corrected chi connectivity index (χ1v) is 4.76. The Morgan fingerprint density at radius 1 is 1.13 bits per heavy atom. The van der Waals surface area contributed by atoms with Gasteiger partial charge in [-0.05, 0) is 24.3 Å². The predicted molar refractivity (Wildman–Crippen MR) is 63.8 cm³/mol. The lowest BCUT2D eigenvalue weighted by molar-refractivity contribution is 0.563. The van der Waals surface area contributed by atoms with E-state index in [0.717, 1.165) is 18.8 Å². The van der Waals surface area contributed by atoms with Crippen LogP contribution in [0.25, 0.3) is 0 Å². The smallest absolute Gasteiger partial charge is 0.233 e. The molecule has 0 aliphatic heterocycles. The minimum atomic E-state index is 0.566. The molecular weight excluding hydrogens is 186 g/mol. The van der Waals surface area contributed by atoms with Crippen LogP contribution in [0, 0.1) is 0 Å². The number of hydrogen-bond donors (Lipinski definition) is 0. The molecule has 0 saturated carbocycles. The summed E-state index contributed by atoms with van der Waals surface area (Å²) in [5.41, 5.74) is 1.62. The van der Waals surface area contributed by atoms with E-state index >= 15 is 0 Å². The van der Waals surface area contributed by atoms with Crippen molar-refractivity contribution < 1.29 is 4.79 Å². The van der Waals surface area contributed by atoms with Gasteiger partial charge in [-0.3, -0.25) is 4.79 Å². The second-order valence-corrected chi connectivity index (χ2v) is 3.13. The number of anilines is 1. The summed E-state index contributed by atoms with van der Waals surface area (Å²) in [6, 6.07) is 7.30. The highest BCUT2D eigenvalue weighted by Gasteiger charge is 2.02. The zero-order valence-electron chi connectivity index (χ0n) is 8.65. The monoisotopic (exact) mass is 200 g/mol. The van der Waals surface area contributed by atoms with E-state index < -0.39 is 0 Å². The van der Waals surface area contributed by atoms with Gasteiger partial charge < -0.3 is 4.90 Å². The van der Waals surface area contributed by atoms with Crippen molar-refractivity contribution in [2.75, 3.05) is 18.0 Å². The van der Waals surface area contributed by atoms with Gasteiger partial charge in [0.2, 0.25) is 6.29 Å². The zero-order chi connectivity index (χ0) is 11.1. The highest BCUT2D eigenvalue weighted by atomic mass is 16.1. The van der Waals surface area contributed by atoms with Gasteiger partial charge in [0.1, 0.15) is 0 Å². The third kappa shape index (κ3) is 3.09. The van der Waals surface area contributed by atoms with Gasteiger partial charge in [-0.25, -0.2) is 0 Å². The van der Waals surface area contributed by atoms with E-state index in [1.807, 2.05) is 30.6 Å². The molecule has 0 heterocycles. The molecule has 0 aliphatic rings. The Bertz CT molecular complexity index is 330. The molecule has 1 rings (SSSR count). The summed E-state index contributed by atoms with van der Waals surface area (Å²) in [5.74, 6) is 0. The number of carbonyl (C=O) groups excluding carboxylic acids is 1. The molecule has 2 heteroatoms. The molecule has 0 spiro atoms. The van der Waals surface area contributed by atoms with Crippen LogP contribution in [-0.4, -0.2) is 19.4 Å². The van der Waals surface area contributed by atoms with E-state index in [-0.39, 0.29) is 0 Å². The predicted octanol–water partition coefficient (Wildman–Crippen LogP) is 2.32. The number of benzene rings is 1. The molecule has 0 bridgehead atoms. The van der Waals surface area contributed by atoms with Crippen LogP contribution in [0.1, 0.15) is 5.56 Å². The maximum atomic E-state index is 10.4. The van der Waals surface area contributed by atoms with Crippen molar-refractivity contribution in [1.82, 2.24) is 0 Å². The molecule has 2 nitrogen and oxygen atoms in total. The SMILES string of the molecule is C=CCN(CC=C)c1ccc([C]=O)cc1. The molecular formula is C13H14NO. The van der Waals surface area contributed by atoms with E-state index in [9.17, 15) is 4.79 Å². The van der Waals surface area contributed by atoms with Crippen LogP contribution >= 0.6 is 0 Å². The van der Waals surface area contributed by atoms with Crippen LogP contribution in [-0.2, 0) is 4.79 Å². The first-order valence-electron chi connectivity index (χ1n) is 4.76. The first-order chi connectivity index (χ1) is 7.31. The molecule has 0 saturated heterocycles. The second kappa shape index (κ2) is 5.81. The molecule has 1 aromatic rings. The average Bonchev–Trinajstić information content (AvgIpc) is 2.29. The first kappa shape index (κ1) is 11.2. The topological polar surface area (TPSA) is 20.3 Å². The Kier molecular flexibility index (Phi) is 4.35. The zero-order valence-corrected chi connectivity index (χ0v) is 8.65. The molecule has 1 aromatic carbocycles. The standard InChI is InChI=1S/C13H14NO/c1-3-9-14(10-4-2)13-7-5-12(11-15)6-8-13/h3-8H,1-2,9-10H2. The summed E-state index contributed by atoms with van der Waals surface area (Å²) in [6.45, 7) is 8.93. The minimum absolute atomic E-state index is 0.566. The normalized spacial score (nSPS) is 9.33. The number of rotatable bonds is 6. The van der Waals surface area contributed by atoms with Crippen LogP contribution in [0.5, 0.6) is 0 Å². The van der Waals surface area contributed by atoms with E-state index in [4.69, 9.17) is 0 Å². The van der Waals surface area contributed by atoms with Crippen LogP contribution in [0.15, 0.2) is 49.6 Å². The van der Waals surface area contributed by atoms with Crippen LogP contribution in [0.2, 0.25) is 0 Å². The Labute approximate surface area is 90.5 Å². The maximum Gasteiger partial charge on any atom is 0.233 e. The van der Waals surface area contributed by atoms with E-state index in [0.29, 0.717) is 5.56 Å². The summed E-state index contributed by atoms with van der Waals surface area (Å²) in [4.78, 5) is 12.5. The lowest BCUT2D eigenvalue weighted by atomic mass is 10.2. The van der Waals surface area contributed by atoms with Gasteiger partial charge in [0.05, 0.1) is 0 Å². The van der Waals surface area contributed by atoms with Gasteiger partial charge >= 0.3 is 0 Å².